The summed E-state index contributed by atoms with van der Waals surface area (Å²) in [5.41, 5.74) is 1.01. The fraction of sp³-hybridized carbons (Fsp3) is 0.324. The third kappa shape index (κ3) is 5.85. The van der Waals surface area contributed by atoms with Crippen LogP contribution in [0.15, 0.2) is 58.1 Å². The van der Waals surface area contributed by atoms with Crippen LogP contribution in [0.3, 0.4) is 0 Å². The summed E-state index contributed by atoms with van der Waals surface area (Å²) in [6.07, 6.45) is -2.36. The molecule has 3 aromatic heterocycles. The first-order chi connectivity index (χ1) is 25.7. The number of nitrogens with zero attached hydrogens (tertiary/aromatic N) is 5. The summed E-state index contributed by atoms with van der Waals surface area (Å²) in [5.74, 6) is 0.0751. The van der Waals surface area contributed by atoms with Crippen molar-refractivity contribution in [3.05, 3.63) is 96.2 Å². The predicted octanol–water partition coefficient (Wildman–Crippen LogP) is 6.18. The fourth-order valence-corrected chi connectivity index (χ4v) is 8.56. The van der Waals surface area contributed by atoms with E-state index in [9.17, 15) is 27.6 Å². The number of aromatic nitrogens is 4. The molecule has 3 aliphatic rings. The van der Waals surface area contributed by atoms with Gasteiger partial charge in [-0.2, -0.15) is 13.2 Å². The van der Waals surface area contributed by atoms with Crippen LogP contribution in [-0.4, -0.2) is 62.3 Å². The van der Waals surface area contributed by atoms with Crippen molar-refractivity contribution in [2.75, 3.05) is 32.1 Å². The van der Waals surface area contributed by atoms with Crippen LogP contribution in [0, 0.1) is 0 Å². The Kier molecular flexibility index (Phi) is 8.66. The van der Waals surface area contributed by atoms with Gasteiger partial charge in [-0.25, -0.2) is 19.6 Å². The Morgan fingerprint density at radius 2 is 1.70 bits per heavy atom. The number of aryl methyl sites for hydroxylation is 2. The van der Waals surface area contributed by atoms with E-state index in [-0.39, 0.29) is 39.2 Å². The Labute approximate surface area is 315 Å². The number of nitrogens with one attached hydrogen (secondary N) is 3. The number of urea groups is 1. The average molecular weight is 782 g/mol. The maximum absolute atomic E-state index is 14.0. The molecule has 3 N–H and O–H groups in total. The molecule has 2 aliphatic heterocycles. The largest absolute Gasteiger partial charge is 0.481 e. The lowest BCUT2D eigenvalue weighted by Crippen LogP contribution is -2.46. The highest BCUT2D eigenvalue weighted by Gasteiger charge is 2.47. The van der Waals surface area contributed by atoms with Gasteiger partial charge in [0.15, 0.2) is 0 Å². The minimum Gasteiger partial charge on any atom is -0.481 e. The summed E-state index contributed by atoms with van der Waals surface area (Å²) in [6.45, 7) is 2.14. The summed E-state index contributed by atoms with van der Waals surface area (Å²) in [6, 6.07) is 12.9. The number of benzene rings is 2. The van der Waals surface area contributed by atoms with Crippen LogP contribution in [0.2, 0.25) is 10.0 Å². The summed E-state index contributed by atoms with van der Waals surface area (Å²) in [4.78, 5) is 48.8. The zero-order chi connectivity index (χ0) is 38.3. The number of carbonyl (C=O) groups excluding carboxylic acids is 1. The van der Waals surface area contributed by atoms with Gasteiger partial charge < -0.3 is 20.7 Å². The molecule has 12 nitrogen and oxygen atoms in total. The standard InChI is InChI=1S/C37H33Cl2F3N8O4/c1-48-25-15-26(37(40,41)42)46-31(28(25)33(51)49(2)35(48)53)44-22-9-5-7-20(30(22)39)19-6-4-8-21(29(19)38)23-14-18-10-11-24(27(18)32(45-23)54-3)50-13-12-36(17-50)16-43-34(52)47-36/h4-9,14-15,24H,10-13,16-17H2,1-3H3,(H,44,46)(H2,43,47,52)/t24-,36-/m1/s1. The Bertz CT molecular complexity index is 2520. The summed E-state index contributed by atoms with van der Waals surface area (Å²) in [5, 5.41) is 9.03. The van der Waals surface area contributed by atoms with E-state index in [0.717, 1.165) is 52.6 Å². The van der Waals surface area contributed by atoms with Gasteiger partial charge in [0, 0.05) is 62.0 Å². The molecular formula is C37H33Cl2F3N8O4. The Morgan fingerprint density at radius 3 is 2.41 bits per heavy atom. The van der Waals surface area contributed by atoms with Crippen LogP contribution in [-0.2, 0) is 26.7 Å². The highest BCUT2D eigenvalue weighted by Crippen LogP contribution is 2.47. The number of hydrogen-bond acceptors (Lipinski definition) is 8. The number of methoxy groups -OCH3 is 1. The molecule has 17 heteroatoms. The zero-order valence-electron chi connectivity index (χ0n) is 29.2. The lowest BCUT2D eigenvalue weighted by molar-refractivity contribution is -0.141. The van der Waals surface area contributed by atoms with Crippen LogP contribution in [0.1, 0.15) is 35.7 Å². The molecule has 0 saturated carbocycles. The Balaban J connectivity index is 1.15. The van der Waals surface area contributed by atoms with Gasteiger partial charge in [0.1, 0.15) is 16.9 Å². The van der Waals surface area contributed by atoms with E-state index in [1.807, 2.05) is 12.1 Å². The molecule has 54 heavy (non-hydrogen) atoms. The highest BCUT2D eigenvalue weighted by atomic mass is 35.5. The number of hydrogen-bond donors (Lipinski definition) is 3. The zero-order valence-corrected chi connectivity index (χ0v) is 30.7. The number of anilines is 2. The van der Waals surface area contributed by atoms with Crippen LogP contribution in [0.25, 0.3) is 33.3 Å². The van der Waals surface area contributed by atoms with Gasteiger partial charge in [-0.3, -0.25) is 18.8 Å². The van der Waals surface area contributed by atoms with E-state index in [1.165, 1.54) is 20.2 Å². The summed E-state index contributed by atoms with van der Waals surface area (Å²) >= 11 is 14.1. The van der Waals surface area contributed by atoms with E-state index in [1.54, 1.807) is 31.4 Å². The molecule has 1 spiro atoms. The lowest BCUT2D eigenvalue weighted by Gasteiger charge is -2.28. The number of likely N-dealkylation sites (tertiary alicyclic amines) is 1. The molecule has 2 amide bonds. The average Bonchev–Trinajstić information content (AvgIpc) is 3.87. The molecule has 5 aromatic rings. The number of pyridine rings is 2. The highest BCUT2D eigenvalue weighted by molar-refractivity contribution is 6.39. The number of fused-ring (bicyclic) bond motifs is 2. The monoisotopic (exact) mass is 780 g/mol. The van der Waals surface area contributed by atoms with Gasteiger partial charge in [0.2, 0.25) is 5.88 Å². The smallest absolute Gasteiger partial charge is 0.433 e. The number of halogens is 5. The van der Waals surface area contributed by atoms with Crippen molar-refractivity contribution >= 4 is 51.6 Å². The second-order valence-electron chi connectivity index (χ2n) is 13.9. The van der Waals surface area contributed by atoms with Gasteiger partial charge in [-0.1, -0.05) is 53.5 Å². The van der Waals surface area contributed by atoms with Crippen molar-refractivity contribution in [1.29, 1.82) is 0 Å². The first-order valence-corrected chi connectivity index (χ1v) is 17.9. The molecule has 8 rings (SSSR count). The third-order valence-corrected chi connectivity index (χ3v) is 11.5. The number of carbonyl (C=O) groups is 1. The lowest BCUT2D eigenvalue weighted by atomic mass is 9.99. The third-order valence-electron chi connectivity index (χ3n) is 10.7. The summed E-state index contributed by atoms with van der Waals surface area (Å²) < 4.78 is 49.6. The maximum Gasteiger partial charge on any atom is 0.433 e. The molecule has 2 atom stereocenters. The van der Waals surface area contributed by atoms with E-state index in [2.05, 4.69) is 25.8 Å². The maximum atomic E-state index is 14.0. The number of alkyl halides is 3. The van der Waals surface area contributed by atoms with E-state index >= 15 is 0 Å². The van der Waals surface area contributed by atoms with Crippen LogP contribution < -0.4 is 31.9 Å². The van der Waals surface area contributed by atoms with Crippen LogP contribution in [0.4, 0.5) is 29.5 Å². The van der Waals surface area contributed by atoms with Crippen molar-refractivity contribution < 1.29 is 22.7 Å². The minimum atomic E-state index is -4.88. The second kappa shape index (κ2) is 13.0. The molecule has 2 aromatic carbocycles. The van der Waals surface area contributed by atoms with Crippen LogP contribution >= 0.6 is 23.2 Å². The van der Waals surface area contributed by atoms with E-state index < -0.39 is 28.9 Å². The van der Waals surface area contributed by atoms with Crippen molar-refractivity contribution in [3.63, 3.8) is 0 Å². The Hall–Kier alpha value is -5.12. The van der Waals surface area contributed by atoms with E-state index in [4.69, 9.17) is 32.9 Å². The normalized spacial score (nSPS) is 19.7. The van der Waals surface area contributed by atoms with Gasteiger partial charge in [0.25, 0.3) is 5.56 Å². The molecule has 2 saturated heterocycles. The molecular weight excluding hydrogens is 748 g/mol. The fourth-order valence-electron chi connectivity index (χ4n) is 7.96. The minimum absolute atomic E-state index is 0.0812. The van der Waals surface area contributed by atoms with Gasteiger partial charge in [0.05, 0.1) is 39.6 Å². The molecule has 0 unspecified atom stereocenters. The topological polar surface area (TPSA) is 135 Å². The quantitative estimate of drug-likeness (QED) is 0.186. The van der Waals surface area contributed by atoms with Crippen molar-refractivity contribution in [2.24, 2.45) is 14.1 Å². The number of amides is 2. The number of rotatable bonds is 6. The molecule has 280 valence electrons. The first-order valence-electron chi connectivity index (χ1n) is 17.1. The van der Waals surface area contributed by atoms with Gasteiger partial charge in [-0.15, -0.1) is 0 Å². The van der Waals surface area contributed by atoms with Crippen molar-refractivity contribution in [1.82, 2.24) is 34.6 Å². The SMILES string of the molecule is COc1nc(-c2cccc(-c3cccc(Nc4nc(C(F)(F)F)cc5c4c(=O)n(C)c(=O)n5C)c3Cl)c2Cl)cc2c1[C@H](N1CC[C@@]3(CNC(=O)N3)C1)CC2. The molecule has 5 heterocycles. The molecule has 1 aliphatic carbocycles. The first kappa shape index (κ1) is 35.9. The Morgan fingerprint density at radius 1 is 0.981 bits per heavy atom. The predicted molar refractivity (Wildman–Crippen MR) is 199 cm³/mol. The van der Waals surface area contributed by atoms with Gasteiger partial charge >= 0.3 is 17.9 Å². The second-order valence-corrected chi connectivity index (χ2v) is 14.6. The van der Waals surface area contributed by atoms with Crippen LogP contribution in [0.5, 0.6) is 5.88 Å². The molecule has 0 bridgehead atoms. The van der Waals surface area contributed by atoms with Crippen molar-refractivity contribution in [3.8, 4) is 28.3 Å². The van der Waals surface area contributed by atoms with Gasteiger partial charge in [-0.05, 0) is 43.0 Å². The summed E-state index contributed by atoms with van der Waals surface area (Å²) in [7, 11) is 4.09. The number of ether oxygens (including phenoxy) is 1. The van der Waals surface area contributed by atoms with Crippen molar-refractivity contribution in [2.45, 2.75) is 37.0 Å². The molecule has 0 radical (unpaired) electrons. The molecule has 2 fully saturated rings. The van der Waals surface area contributed by atoms with E-state index in [0.29, 0.717) is 45.9 Å².